The number of aromatic nitrogens is 1. The highest BCUT2D eigenvalue weighted by molar-refractivity contribution is 7.12. The predicted molar refractivity (Wildman–Crippen MR) is 71.5 cm³/mol. The van der Waals surface area contributed by atoms with Crippen molar-refractivity contribution in [3.05, 3.63) is 15.6 Å². The van der Waals surface area contributed by atoms with Crippen molar-refractivity contribution in [2.75, 3.05) is 20.1 Å². The van der Waals surface area contributed by atoms with E-state index in [4.69, 9.17) is 4.98 Å². The maximum absolute atomic E-state index is 4.94. The van der Waals surface area contributed by atoms with E-state index >= 15 is 0 Å². The van der Waals surface area contributed by atoms with E-state index in [1.807, 2.05) is 11.3 Å². The lowest BCUT2D eigenvalue weighted by atomic mass is 9.80. The Hall–Kier alpha value is -0.450. The molecule has 2 aliphatic rings. The van der Waals surface area contributed by atoms with Gasteiger partial charge in [0.1, 0.15) is 5.01 Å². The first-order valence-corrected chi connectivity index (χ1v) is 7.46. The number of aryl methyl sites for hydroxylation is 2. The molecule has 0 spiro atoms. The fourth-order valence-corrected chi connectivity index (χ4v) is 4.69. The molecule has 1 aromatic rings. The molecule has 1 aromatic heterocycles. The molecule has 0 bridgehead atoms. The number of piperidine rings is 1. The normalized spacial score (nSPS) is 32.7. The first-order valence-electron chi connectivity index (χ1n) is 6.65. The highest BCUT2D eigenvalue weighted by atomic mass is 32.1. The topological polar surface area (TPSA) is 37.0 Å². The Bertz CT molecular complexity index is 393. The SMILES string of the molecule is CNC1(c2nc3c(s2)CCC3)CCNCC1C. The Morgan fingerprint density at radius 3 is 3.06 bits per heavy atom. The van der Waals surface area contributed by atoms with Crippen molar-refractivity contribution in [1.29, 1.82) is 0 Å². The second kappa shape index (κ2) is 4.34. The molecule has 4 heteroatoms. The second-order valence-electron chi connectivity index (χ2n) is 5.32. The van der Waals surface area contributed by atoms with Crippen LogP contribution in [0.2, 0.25) is 0 Å². The summed E-state index contributed by atoms with van der Waals surface area (Å²) < 4.78 is 0. The van der Waals surface area contributed by atoms with Crippen LogP contribution in [0, 0.1) is 5.92 Å². The van der Waals surface area contributed by atoms with Gasteiger partial charge in [0.15, 0.2) is 0 Å². The molecular weight excluding hydrogens is 230 g/mol. The van der Waals surface area contributed by atoms with Crippen molar-refractivity contribution in [2.24, 2.45) is 5.92 Å². The highest BCUT2D eigenvalue weighted by Gasteiger charge is 2.41. The van der Waals surface area contributed by atoms with Gasteiger partial charge in [-0.1, -0.05) is 6.92 Å². The first-order chi connectivity index (χ1) is 8.26. The Balaban J connectivity index is 1.98. The quantitative estimate of drug-likeness (QED) is 0.839. The molecule has 2 heterocycles. The van der Waals surface area contributed by atoms with Crippen molar-refractivity contribution in [3.8, 4) is 0 Å². The summed E-state index contributed by atoms with van der Waals surface area (Å²) in [4.78, 5) is 6.48. The Morgan fingerprint density at radius 1 is 1.47 bits per heavy atom. The summed E-state index contributed by atoms with van der Waals surface area (Å²) in [6.07, 6.45) is 4.90. The minimum atomic E-state index is 0.111. The zero-order valence-corrected chi connectivity index (χ0v) is 11.5. The molecule has 0 aromatic carbocycles. The Morgan fingerprint density at radius 2 is 2.35 bits per heavy atom. The van der Waals surface area contributed by atoms with Gasteiger partial charge in [0.2, 0.25) is 0 Å². The van der Waals surface area contributed by atoms with Gasteiger partial charge in [0.25, 0.3) is 0 Å². The van der Waals surface area contributed by atoms with Gasteiger partial charge < -0.3 is 10.6 Å². The van der Waals surface area contributed by atoms with Crippen LogP contribution in [-0.4, -0.2) is 25.1 Å². The summed E-state index contributed by atoms with van der Waals surface area (Å²) in [5.41, 5.74) is 1.49. The second-order valence-corrected chi connectivity index (χ2v) is 6.40. The summed E-state index contributed by atoms with van der Waals surface area (Å²) in [6.45, 7) is 4.51. The van der Waals surface area contributed by atoms with Crippen molar-refractivity contribution < 1.29 is 0 Å². The lowest BCUT2D eigenvalue weighted by Gasteiger charge is -2.41. The van der Waals surface area contributed by atoms with Crippen molar-refractivity contribution in [1.82, 2.24) is 15.6 Å². The predicted octanol–water partition coefficient (Wildman–Crippen LogP) is 1.68. The van der Waals surface area contributed by atoms with Gasteiger partial charge in [-0.05, 0) is 51.7 Å². The number of nitrogens with one attached hydrogen (secondary N) is 2. The number of fused-ring (bicyclic) bond motifs is 1. The highest BCUT2D eigenvalue weighted by Crippen LogP contribution is 2.40. The van der Waals surface area contributed by atoms with Crippen LogP contribution in [0.3, 0.4) is 0 Å². The Kier molecular flexibility index (Phi) is 2.97. The van der Waals surface area contributed by atoms with Crippen LogP contribution in [0.15, 0.2) is 0 Å². The van der Waals surface area contributed by atoms with Gasteiger partial charge in [-0.3, -0.25) is 0 Å². The summed E-state index contributed by atoms with van der Waals surface area (Å²) >= 11 is 1.95. The summed E-state index contributed by atoms with van der Waals surface area (Å²) in [6, 6.07) is 0. The largest absolute Gasteiger partial charge is 0.316 e. The standard InChI is InChI=1S/C13H21N3S/c1-9-8-15-7-6-13(9,14-2)12-16-10-4-3-5-11(10)17-12/h9,14-15H,3-8H2,1-2H3. The maximum atomic E-state index is 4.94. The minimum absolute atomic E-state index is 0.111. The van der Waals surface area contributed by atoms with Crippen LogP contribution in [-0.2, 0) is 18.4 Å². The van der Waals surface area contributed by atoms with E-state index in [-0.39, 0.29) is 5.54 Å². The summed E-state index contributed by atoms with van der Waals surface area (Å²) in [5, 5.41) is 8.39. The van der Waals surface area contributed by atoms with E-state index < -0.39 is 0 Å². The number of hydrogen-bond donors (Lipinski definition) is 2. The van der Waals surface area contributed by atoms with Crippen LogP contribution in [0.1, 0.15) is 35.3 Å². The van der Waals surface area contributed by atoms with E-state index in [1.165, 1.54) is 30.0 Å². The van der Waals surface area contributed by atoms with Gasteiger partial charge in [-0.2, -0.15) is 0 Å². The third-order valence-electron chi connectivity index (χ3n) is 4.41. The zero-order chi connectivity index (χ0) is 11.9. The minimum Gasteiger partial charge on any atom is -0.316 e. The van der Waals surface area contributed by atoms with Gasteiger partial charge in [-0.15, -0.1) is 11.3 Å². The van der Waals surface area contributed by atoms with Crippen LogP contribution in [0.5, 0.6) is 0 Å². The number of nitrogens with zero attached hydrogens (tertiary/aromatic N) is 1. The molecule has 1 saturated heterocycles. The maximum Gasteiger partial charge on any atom is 0.114 e. The molecule has 0 amide bonds. The summed E-state index contributed by atoms with van der Waals surface area (Å²) in [7, 11) is 2.09. The smallest absolute Gasteiger partial charge is 0.114 e. The summed E-state index contributed by atoms with van der Waals surface area (Å²) in [5.74, 6) is 0.604. The lowest BCUT2D eigenvalue weighted by Crippen LogP contribution is -2.54. The van der Waals surface area contributed by atoms with Crippen molar-refractivity contribution in [3.63, 3.8) is 0 Å². The molecule has 0 saturated carbocycles. The molecule has 1 fully saturated rings. The molecular formula is C13H21N3S. The van der Waals surface area contributed by atoms with Gasteiger partial charge in [0.05, 0.1) is 11.2 Å². The van der Waals surface area contributed by atoms with Gasteiger partial charge >= 0.3 is 0 Å². The molecule has 3 nitrogen and oxygen atoms in total. The number of hydrogen-bond acceptors (Lipinski definition) is 4. The van der Waals surface area contributed by atoms with E-state index in [0.29, 0.717) is 5.92 Å². The van der Waals surface area contributed by atoms with Crippen LogP contribution < -0.4 is 10.6 Å². The molecule has 2 unspecified atom stereocenters. The third kappa shape index (κ3) is 1.74. The molecule has 1 aliphatic heterocycles. The first kappa shape index (κ1) is 11.6. The monoisotopic (exact) mass is 251 g/mol. The van der Waals surface area contributed by atoms with Crippen LogP contribution >= 0.6 is 11.3 Å². The molecule has 0 radical (unpaired) electrons. The van der Waals surface area contributed by atoms with Gasteiger partial charge in [-0.25, -0.2) is 4.98 Å². The van der Waals surface area contributed by atoms with E-state index in [2.05, 4.69) is 24.6 Å². The van der Waals surface area contributed by atoms with Crippen LogP contribution in [0.25, 0.3) is 0 Å². The average molecular weight is 251 g/mol. The third-order valence-corrected chi connectivity index (χ3v) is 5.75. The molecule has 94 valence electrons. The fraction of sp³-hybridized carbons (Fsp3) is 0.769. The average Bonchev–Trinajstić information content (AvgIpc) is 2.90. The van der Waals surface area contributed by atoms with Crippen molar-refractivity contribution >= 4 is 11.3 Å². The van der Waals surface area contributed by atoms with E-state index in [9.17, 15) is 0 Å². The van der Waals surface area contributed by atoms with Crippen LogP contribution in [0.4, 0.5) is 0 Å². The zero-order valence-electron chi connectivity index (χ0n) is 10.7. The molecule has 2 N–H and O–H groups in total. The molecule has 3 rings (SSSR count). The van der Waals surface area contributed by atoms with E-state index in [0.717, 1.165) is 19.5 Å². The molecule has 1 aliphatic carbocycles. The van der Waals surface area contributed by atoms with Gasteiger partial charge in [0, 0.05) is 4.88 Å². The number of rotatable bonds is 2. The molecule has 2 atom stereocenters. The van der Waals surface area contributed by atoms with Crippen molar-refractivity contribution in [2.45, 2.75) is 38.1 Å². The Labute approximate surface area is 107 Å². The number of thiazole rings is 1. The lowest BCUT2D eigenvalue weighted by molar-refractivity contribution is 0.179. The van der Waals surface area contributed by atoms with E-state index in [1.54, 1.807) is 4.88 Å². The fourth-order valence-electron chi connectivity index (χ4n) is 3.20. The molecule has 17 heavy (non-hydrogen) atoms.